The van der Waals surface area contributed by atoms with E-state index in [1.54, 1.807) is 6.92 Å². The summed E-state index contributed by atoms with van der Waals surface area (Å²) in [4.78, 5) is 22.8. The van der Waals surface area contributed by atoms with Crippen molar-refractivity contribution >= 4 is 17.6 Å². The second-order valence-electron chi connectivity index (χ2n) is 6.18. The zero-order valence-electron chi connectivity index (χ0n) is 16.7. The Bertz CT molecular complexity index is 907. The van der Waals surface area contributed by atoms with Crippen LogP contribution in [0.2, 0.25) is 0 Å². The quantitative estimate of drug-likeness (QED) is 0.402. The highest BCUT2D eigenvalue weighted by Gasteiger charge is 2.30. The average molecular weight is 467 g/mol. The number of esters is 1. The van der Waals surface area contributed by atoms with Crippen molar-refractivity contribution in [1.82, 2.24) is 15.0 Å². The number of alkyl halides is 6. The lowest BCUT2D eigenvalue weighted by molar-refractivity contribution is -0.154. The maximum Gasteiger partial charge on any atom is 0.422 e. The summed E-state index contributed by atoms with van der Waals surface area (Å²) in [6.45, 7) is -0.0583. The van der Waals surface area contributed by atoms with Crippen molar-refractivity contribution in [3.05, 3.63) is 35.7 Å². The van der Waals surface area contributed by atoms with Crippen molar-refractivity contribution in [3.63, 3.8) is 0 Å². The molecule has 8 nitrogen and oxygen atoms in total. The molecule has 1 heterocycles. The number of rotatable bonds is 10. The molecule has 0 unspecified atom stereocenters. The fourth-order valence-electron chi connectivity index (χ4n) is 2.26. The zero-order chi connectivity index (χ0) is 23.8. The average Bonchev–Trinajstić information content (AvgIpc) is 2.70. The Morgan fingerprint density at radius 2 is 1.81 bits per heavy atom. The summed E-state index contributed by atoms with van der Waals surface area (Å²) in [5, 5.41) is 5.30. The molecule has 0 spiro atoms. The van der Waals surface area contributed by atoms with Crippen LogP contribution >= 0.6 is 0 Å². The molecule has 2 rings (SSSR count). The largest absolute Gasteiger partial charge is 0.466 e. The van der Waals surface area contributed by atoms with Gasteiger partial charge in [0, 0.05) is 12.2 Å². The first-order valence-electron chi connectivity index (χ1n) is 9.21. The van der Waals surface area contributed by atoms with E-state index in [0.717, 1.165) is 12.1 Å². The minimum absolute atomic E-state index is 0.0159. The number of nitrogens with zero attached hydrogens (tertiary/aromatic N) is 3. The summed E-state index contributed by atoms with van der Waals surface area (Å²) in [7, 11) is 0. The van der Waals surface area contributed by atoms with Crippen LogP contribution in [0.1, 0.15) is 24.7 Å². The van der Waals surface area contributed by atoms with Gasteiger partial charge in [0.2, 0.25) is 5.95 Å². The molecule has 14 heteroatoms. The van der Waals surface area contributed by atoms with Crippen LogP contribution in [0.5, 0.6) is 6.01 Å². The summed E-state index contributed by atoms with van der Waals surface area (Å²) in [6, 6.07) is 3.68. The van der Waals surface area contributed by atoms with Gasteiger partial charge in [0.05, 0.1) is 25.1 Å². The Kier molecular flexibility index (Phi) is 8.43. The van der Waals surface area contributed by atoms with Crippen LogP contribution in [0.25, 0.3) is 0 Å². The smallest absolute Gasteiger partial charge is 0.422 e. The molecule has 1 aromatic carbocycles. The fourth-order valence-corrected chi connectivity index (χ4v) is 2.26. The highest BCUT2D eigenvalue weighted by Crippen LogP contribution is 2.30. The SMILES string of the molecule is CCOC(=O)CCNc1nc(CNc2cccc(C(F)(F)F)c2)nc(OCC(F)(F)F)n1. The molecule has 1 aromatic heterocycles. The number of benzene rings is 1. The Morgan fingerprint density at radius 3 is 2.47 bits per heavy atom. The molecular weight excluding hydrogens is 448 g/mol. The second-order valence-corrected chi connectivity index (χ2v) is 6.18. The van der Waals surface area contributed by atoms with Gasteiger partial charge < -0.3 is 20.1 Å². The summed E-state index contributed by atoms with van der Waals surface area (Å²) in [6.07, 6.45) is -9.24. The summed E-state index contributed by atoms with van der Waals surface area (Å²) in [5.41, 5.74) is -0.788. The van der Waals surface area contributed by atoms with E-state index in [-0.39, 0.29) is 43.6 Å². The van der Waals surface area contributed by atoms with Crippen molar-refractivity contribution < 1.29 is 40.6 Å². The molecule has 0 atom stereocenters. The molecule has 2 aromatic rings. The number of anilines is 2. The van der Waals surface area contributed by atoms with Crippen molar-refractivity contribution in [2.24, 2.45) is 0 Å². The number of carbonyl (C=O) groups is 1. The molecule has 0 saturated heterocycles. The first-order valence-corrected chi connectivity index (χ1v) is 9.21. The number of ether oxygens (including phenoxy) is 2. The first-order chi connectivity index (χ1) is 15.0. The maximum absolute atomic E-state index is 12.8. The van der Waals surface area contributed by atoms with Gasteiger partial charge in [-0.05, 0) is 25.1 Å². The van der Waals surface area contributed by atoms with Gasteiger partial charge in [0.15, 0.2) is 12.4 Å². The van der Waals surface area contributed by atoms with E-state index in [1.165, 1.54) is 12.1 Å². The van der Waals surface area contributed by atoms with Gasteiger partial charge in [0.25, 0.3) is 0 Å². The summed E-state index contributed by atoms with van der Waals surface area (Å²) in [5.74, 6) is -0.787. The van der Waals surface area contributed by atoms with Crippen LogP contribution in [0.15, 0.2) is 24.3 Å². The minimum atomic E-state index is -4.64. The number of hydrogen-bond acceptors (Lipinski definition) is 8. The number of nitrogens with one attached hydrogen (secondary N) is 2. The predicted molar refractivity (Wildman–Crippen MR) is 99.9 cm³/mol. The number of aromatic nitrogens is 3. The molecule has 2 N–H and O–H groups in total. The van der Waals surface area contributed by atoms with Crippen molar-refractivity contribution in [3.8, 4) is 6.01 Å². The monoisotopic (exact) mass is 467 g/mol. The standard InChI is InChI=1S/C18H19F6N5O3/c1-2-31-14(30)6-7-25-15-27-13(28-16(29-15)32-10-17(19,20)21)9-26-12-5-3-4-11(8-12)18(22,23)24/h3-5,8,26H,2,6-7,9-10H2,1H3,(H,25,27,28,29). The van der Waals surface area contributed by atoms with Crippen LogP contribution < -0.4 is 15.4 Å². The third-order valence-corrected chi connectivity index (χ3v) is 3.58. The molecule has 176 valence electrons. The van der Waals surface area contributed by atoms with Gasteiger partial charge in [-0.3, -0.25) is 4.79 Å². The molecule has 0 radical (unpaired) electrons. The van der Waals surface area contributed by atoms with Crippen LogP contribution in [0.4, 0.5) is 38.0 Å². The van der Waals surface area contributed by atoms with E-state index in [2.05, 4.69) is 30.3 Å². The molecule has 0 aliphatic heterocycles. The molecule has 0 bridgehead atoms. The molecule has 0 amide bonds. The molecule has 0 saturated carbocycles. The van der Waals surface area contributed by atoms with E-state index in [4.69, 9.17) is 4.74 Å². The lowest BCUT2D eigenvalue weighted by Gasteiger charge is -2.12. The highest BCUT2D eigenvalue weighted by atomic mass is 19.4. The Labute approximate surface area is 178 Å². The van der Waals surface area contributed by atoms with Crippen molar-refractivity contribution in [2.75, 3.05) is 30.4 Å². The third-order valence-electron chi connectivity index (χ3n) is 3.58. The van der Waals surface area contributed by atoms with E-state index in [1.807, 2.05) is 0 Å². The molecule has 0 aliphatic carbocycles. The normalized spacial score (nSPS) is 11.7. The van der Waals surface area contributed by atoms with Crippen LogP contribution in [0, 0.1) is 0 Å². The van der Waals surface area contributed by atoms with Gasteiger partial charge in [-0.1, -0.05) is 6.07 Å². The van der Waals surface area contributed by atoms with Gasteiger partial charge >= 0.3 is 24.3 Å². The lowest BCUT2D eigenvalue weighted by atomic mass is 10.2. The van der Waals surface area contributed by atoms with Crippen molar-refractivity contribution in [1.29, 1.82) is 0 Å². The van der Waals surface area contributed by atoms with E-state index >= 15 is 0 Å². The molecular formula is C18H19F6N5O3. The Morgan fingerprint density at radius 1 is 1.06 bits per heavy atom. The van der Waals surface area contributed by atoms with Crippen LogP contribution in [0.3, 0.4) is 0 Å². The van der Waals surface area contributed by atoms with Gasteiger partial charge in [0.1, 0.15) is 0 Å². The fraction of sp³-hybridized carbons (Fsp3) is 0.444. The molecule has 32 heavy (non-hydrogen) atoms. The molecule has 0 fully saturated rings. The minimum Gasteiger partial charge on any atom is -0.466 e. The van der Waals surface area contributed by atoms with E-state index in [9.17, 15) is 31.1 Å². The van der Waals surface area contributed by atoms with Crippen LogP contribution in [-0.2, 0) is 22.3 Å². The number of hydrogen-bond donors (Lipinski definition) is 2. The zero-order valence-corrected chi connectivity index (χ0v) is 16.7. The lowest BCUT2D eigenvalue weighted by Crippen LogP contribution is -2.21. The predicted octanol–water partition coefficient (Wildman–Crippen LogP) is 3.81. The number of carbonyl (C=O) groups excluding carboxylic acids is 1. The summed E-state index contributed by atoms with van der Waals surface area (Å²) >= 11 is 0. The Hall–Kier alpha value is -3.32. The van der Waals surface area contributed by atoms with Gasteiger partial charge in [-0.25, -0.2) is 0 Å². The topological polar surface area (TPSA) is 98.3 Å². The van der Waals surface area contributed by atoms with Gasteiger partial charge in [-0.2, -0.15) is 41.3 Å². The third kappa shape index (κ3) is 8.81. The first kappa shape index (κ1) is 24.9. The van der Waals surface area contributed by atoms with Crippen LogP contribution in [-0.4, -0.2) is 46.9 Å². The van der Waals surface area contributed by atoms with Crippen molar-refractivity contribution in [2.45, 2.75) is 32.2 Å². The maximum atomic E-state index is 12.8. The number of halogens is 6. The molecule has 0 aliphatic rings. The van der Waals surface area contributed by atoms with Gasteiger partial charge in [-0.15, -0.1) is 0 Å². The van der Waals surface area contributed by atoms with E-state index in [0.29, 0.717) is 0 Å². The summed E-state index contributed by atoms with van der Waals surface area (Å²) < 4.78 is 85.1. The highest BCUT2D eigenvalue weighted by molar-refractivity contribution is 5.69. The van der Waals surface area contributed by atoms with E-state index < -0.39 is 36.5 Å². The second kappa shape index (κ2) is 10.8. The Balaban J connectivity index is 2.12.